The highest BCUT2D eigenvalue weighted by Crippen LogP contribution is 2.19. The van der Waals surface area contributed by atoms with Gasteiger partial charge in [-0.15, -0.1) is 0 Å². The van der Waals surface area contributed by atoms with E-state index in [0.717, 1.165) is 17.1 Å². The van der Waals surface area contributed by atoms with Gasteiger partial charge < -0.3 is 11.1 Å². The number of nitrogens with one attached hydrogen (secondary N) is 2. The number of carbonyl (C=O) groups is 1. The van der Waals surface area contributed by atoms with Crippen LogP contribution in [0.25, 0.3) is 11.4 Å². The molecule has 0 radical (unpaired) electrons. The van der Waals surface area contributed by atoms with Crippen LogP contribution >= 0.6 is 0 Å². The fourth-order valence-corrected chi connectivity index (χ4v) is 1.85. The number of hydrogen-bond donors (Lipinski definition) is 3. The smallest absolute Gasteiger partial charge is 0.227 e. The molecule has 1 unspecified atom stereocenters. The Kier molecular flexibility index (Phi) is 4.47. The SMILES string of the molecule is Cc1nc(-c2cccc(NC(=O)C(C)CCN)c2)n[nH]1. The molecule has 1 amide bonds. The Labute approximate surface area is 117 Å². The quantitative estimate of drug-likeness (QED) is 0.772. The van der Waals surface area contributed by atoms with Crippen LogP contribution in [0.3, 0.4) is 0 Å². The molecular formula is C14H19N5O. The van der Waals surface area contributed by atoms with Crippen LogP contribution in [-0.4, -0.2) is 27.6 Å². The molecule has 0 fully saturated rings. The van der Waals surface area contributed by atoms with E-state index >= 15 is 0 Å². The molecule has 1 aromatic heterocycles. The van der Waals surface area contributed by atoms with Crippen LogP contribution in [0.15, 0.2) is 24.3 Å². The van der Waals surface area contributed by atoms with Crippen molar-refractivity contribution >= 4 is 11.6 Å². The van der Waals surface area contributed by atoms with Gasteiger partial charge in [0.15, 0.2) is 5.82 Å². The topological polar surface area (TPSA) is 96.7 Å². The minimum absolute atomic E-state index is 0.0289. The summed E-state index contributed by atoms with van der Waals surface area (Å²) in [7, 11) is 0. The number of anilines is 1. The van der Waals surface area contributed by atoms with E-state index < -0.39 is 0 Å². The Hall–Kier alpha value is -2.21. The van der Waals surface area contributed by atoms with E-state index in [4.69, 9.17) is 5.73 Å². The summed E-state index contributed by atoms with van der Waals surface area (Å²) in [5.74, 6) is 1.24. The normalized spacial score (nSPS) is 12.2. The van der Waals surface area contributed by atoms with Crippen LogP contribution in [-0.2, 0) is 4.79 Å². The van der Waals surface area contributed by atoms with Gasteiger partial charge in [0.1, 0.15) is 5.82 Å². The molecule has 0 saturated carbocycles. The molecule has 2 aromatic rings. The van der Waals surface area contributed by atoms with Crippen molar-refractivity contribution in [1.82, 2.24) is 15.2 Å². The Bertz CT molecular complexity index is 593. The Morgan fingerprint density at radius 3 is 2.95 bits per heavy atom. The van der Waals surface area contributed by atoms with Crippen molar-refractivity contribution in [2.45, 2.75) is 20.3 Å². The summed E-state index contributed by atoms with van der Waals surface area (Å²) in [6.07, 6.45) is 0.672. The van der Waals surface area contributed by atoms with E-state index in [-0.39, 0.29) is 11.8 Å². The number of nitrogens with two attached hydrogens (primary N) is 1. The molecule has 0 bridgehead atoms. The summed E-state index contributed by atoms with van der Waals surface area (Å²) in [6.45, 7) is 4.21. The standard InChI is InChI=1S/C14H19N5O/c1-9(6-7-15)14(20)17-12-5-3-4-11(8-12)13-16-10(2)18-19-13/h3-5,8-9H,6-7,15H2,1-2H3,(H,17,20)(H,16,18,19). The van der Waals surface area contributed by atoms with Crippen molar-refractivity contribution in [2.24, 2.45) is 11.7 Å². The van der Waals surface area contributed by atoms with Crippen molar-refractivity contribution in [2.75, 3.05) is 11.9 Å². The molecule has 1 aromatic carbocycles. The number of amides is 1. The van der Waals surface area contributed by atoms with Crippen LogP contribution in [0, 0.1) is 12.8 Å². The number of nitrogens with zero attached hydrogens (tertiary/aromatic N) is 2. The van der Waals surface area contributed by atoms with Gasteiger partial charge in [-0.2, -0.15) is 5.10 Å². The number of rotatable bonds is 5. The summed E-state index contributed by atoms with van der Waals surface area (Å²) in [5, 5.41) is 9.79. The summed E-state index contributed by atoms with van der Waals surface area (Å²) in [6, 6.07) is 7.47. The van der Waals surface area contributed by atoms with Crippen molar-refractivity contribution in [3.63, 3.8) is 0 Å². The number of aromatic amines is 1. The second-order valence-electron chi connectivity index (χ2n) is 4.79. The van der Waals surface area contributed by atoms with Gasteiger partial charge >= 0.3 is 0 Å². The highest BCUT2D eigenvalue weighted by atomic mass is 16.1. The first kappa shape index (κ1) is 14.2. The van der Waals surface area contributed by atoms with Gasteiger partial charge in [-0.25, -0.2) is 4.98 Å². The highest BCUT2D eigenvalue weighted by molar-refractivity contribution is 5.92. The lowest BCUT2D eigenvalue weighted by molar-refractivity contribution is -0.119. The Balaban J connectivity index is 2.12. The van der Waals surface area contributed by atoms with Crippen molar-refractivity contribution in [3.05, 3.63) is 30.1 Å². The van der Waals surface area contributed by atoms with E-state index in [9.17, 15) is 4.79 Å². The molecule has 4 N–H and O–H groups in total. The second kappa shape index (κ2) is 6.29. The third-order valence-corrected chi connectivity index (χ3v) is 3.03. The first-order chi connectivity index (χ1) is 9.60. The summed E-state index contributed by atoms with van der Waals surface area (Å²) >= 11 is 0. The number of aryl methyl sites for hydroxylation is 1. The second-order valence-corrected chi connectivity index (χ2v) is 4.79. The summed E-state index contributed by atoms with van der Waals surface area (Å²) in [5.41, 5.74) is 7.06. The summed E-state index contributed by atoms with van der Waals surface area (Å²) in [4.78, 5) is 16.2. The van der Waals surface area contributed by atoms with Gasteiger partial charge in [0.2, 0.25) is 5.91 Å². The van der Waals surface area contributed by atoms with E-state index in [1.54, 1.807) is 0 Å². The van der Waals surface area contributed by atoms with Gasteiger partial charge in [0.05, 0.1) is 0 Å². The number of benzene rings is 1. The molecule has 1 heterocycles. The number of hydrogen-bond acceptors (Lipinski definition) is 4. The number of H-pyrrole nitrogens is 1. The maximum Gasteiger partial charge on any atom is 0.227 e. The Morgan fingerprint density at radius 2 is 2.30 bits per heavy atom. The summed E-state index contributed by atoms with van der Waals surface area (Å²) < 4.78 is 0. The third-order valence-electron chi connectivity index (χ3n) is 3.03. The van der Waals surface area contributed by atoms with Crippen molar-refractivity contribution in [1.29, 1.82) is 0 Å². The van der Waals surface area contributed by atoms with Gasteiger partial charge in [-0.05, 0) is 32.0 Å². The molecule has 6 nitrogen and oxygen atoms in total. The fourth-order valence-electron chi connectivity index (χ4n) is 1.85. The molecule has 0 spiro atoms. The molecule has 106 valence electrons. The van der Waals surface area contributed by atoms with E-state index in [1.165, 1.54) is 0 Å². The number of aromatic nitrogens is 3. The number of carbonyl (C=O) groups excluding carboxylic acids is 1. The average molecular weight is 273 g/mol. The van der Waals surface area contributed by atoms with Crippen LogP contribution in [0.5, 0.6) is 0 Å². The maximum absolute atomic E-state index is 12.0. The lowest BCUT2D eigenvalue weighted by Gasteiger charge is -2.11. The highest BCUT2D eigenvalue weighted by Gasteiger charge is 2.12. The van der Waals surface area contributed by atoms with Gasteiger partial charge in [-0.1, -0.05) is 19.1 Å². The molecule has 6 heteroatoms. The molecule has 0 aliphatic heterocycles. The van der Waals surface area contributed by atoms with Crippen molar-refractivity contribution in [3.8, 4) is 11.4 Å². The molecule has 0 saturated heterocycles. The minimum Gasteiger partial charge on any atom is -0.330 e. The fraction of sp³-hybridized carbons (Fsp3) is 0.357. The van der Waals surface area contributed by atoms with Gasteiger partial charge in [0.25, 0.3) is 0 Å². The van der Waals surface area contributed by atoms with Crippen LogP contribution < -0.4 is 11.1 Å². The first-order valence-corrected chi connectivity index (χ1v) is 6.60. The lowest BCUT2D eigenvalue weighted by atomic mass is 10.1. The molecule has 0 aliphatic carbocycles. The molecule has 20 heavy (non-hydrogen) atoms. The monoisotopic (exact) mass is 273 g/mol. The zero-order valence-corrected chi connectivity index (χ0v) is 11.7. The third kappa shape index (κ3) is 3.42. The maximum atomic E-state index is 12.0. The zero-order valence-electron chi connectivity index (χ0n) is 11.7. The van der Waals surface area contributed by atoms with Crippen LogP contribution in [0.4, 0.5) is 5.69 Å². The molecule has 2 rings (SSSR count). The predicted octanol–water partition coefficient (Wildman–Crippen LogP) is 1.70. The van der Waals surface area contributed by atoms with Crippen molar-refractivity contribution < 1.29 is 4.79 Å². The predicted molar refractivity (Wildman–Crippen MR) is 78.0 cm³/mol. The molecule has 0 aliphatic rings. The first-order valence-electron chi connectivity index (χ1n) is 6.60. The van der Waals surface area contributed by atoms with E-state index in [0.29, 0.717) is 18.8 Å². The van der Waals surface area contributed by atoms with Gasteiger partial charge in [0, 0.05) is 17.2 Å². The van der Waals surface area contributed by atoms with Crippen LogP contribution in [0.1, 0.15) is 19.2 Å². The van der Waals surface area contributed by atoms with E-state index in [1.807, 2.05) is 38.1 Å². The lowest BCUT2D eigenvalue weighted by Crippen LogP contribution is -2.22. The van der Waals surface area contributed by atoms with Crippen LogP contribution in [0.2, 0.25) is 0 Å². The largest absolute Gasteiger partial charge is 0.330 e. The molecular weight excluding hydrogens is 254 g/mol. The van der Waals surface area contributed by atoms with E-state index in [2.05, 4.69) is 20.5 Å². The average Bonchev–Trinajstić information content (AvgIpc) is 2.86. The minimum atomic E-state index is -0.102. The Morgan fingerprint density at radius 1 is 1.50 bits per heavy atom. The zero-order chi connectivity index (χ0) is 14.5. The van der Waals surface area contributed by atoms with Gasteiger partial charge in [-0.3, -0.25) is 9.89 Å². The molecule has 1 atom stereocenters.